The van der Waals surface area contributed by atoms with Crippen molar-refractivity contribution in [1.29, 1.82) is 0 Å². The molecule has 40 heavy (non-hydrogen) atoms. The molecule has 5 rings (SSSR count). The van der Waals surface area contributed by atoms with Gasteiger partial charge in [-0.05, 0) is 54.1 Å². The monoisotopic (exact) mass is 594 g/mol. The van der Waals surface area contributed by atoms with Gasteiger partial charge in [0.05, 0.1) is 33.5 Å². The Hall–Kier alpha value is -5.22. The molecule has 196 valence electrons. The van der Waals surface area contributed by atoms with Crippen molar-refractivity contribution >= 4 is 50.6 Å². The molecule has 0 fully saturated rings. The van der Waals surface area contributed by atoms with E-state index in [1.807, 2.05) is 48.5 Å². The molecule has 1 N–H and O–H groups in total. The van der Waals surface area contributed by atoms with Crippen molar-refractivity contribution in [2.45, 2.75) is 0 Å². The Labute approximate surface area is 236 Å². The number of non-ortho nitro benzene ring substituents is 1. The molecular formula is C30H19BrN4O5. The average molecular weight is 595 g/mol. The summed E-state index contributed by atoms with van der Waals surface area (Å²) in [6.07, 6.45) is 1.43. The van der Waals surface area contributed by atoms with E-state index in [4.69, 9.17) is 9.72 Å². The first-order valence-corrected chi connectivity index (χ1v) is 12.7. The number of aromatic nitrogens is 1. The first kappa shape index (κ1) is 26.4. The average Bonchev–Trinajstić information content (AvgIpc) is 2.97. The van der Waals surface area contributed by atoms with Crippen LogP contribution in [0.2, 0.25) is 0 Å². The second kappa shape index (κ2) is 11.7. The maximum Gasteiger partial charge on any atom is 0.343 e. The quantitative estimate of drug-likeness (QED) is 0.0748. The molecule has 10 heteroatoms. The van der Waals surface area contributed by atoms with Gasteiger partial charge < -0.3 is 4.74 Å². The maximum absolute atomic E-state index is 13.2. The molecule has 0 aliphatic heterocycles. The fourth-order valence-electron chi connectivity index (χ4n) is 3.90. The van der Waals surface area contributed by atoms with Gasteiger partial charge in [0.1, 0.15) is 5.75 Å². The highest BCUT2D eigenvalue weighted by Gasteiger charge is 2.14. The molecule has 0 atom stereocenters. The van der Waals surface area contributed by atoms with Crippen molar-refractivity contribution in [3.05, 3.63) is 134 Å². The fraction of sp³-hybridized carbons (Fsp3) is 0. The van der Waals surface area contributed by atoms with Gasteiger partial charge in [-0.3, -0.25) is 14.9 Å². The van der Waals surface area contributed by atoms with Crippen molar-refractivity contribution < 1.29 is 19.2 Å². The van der Waals surface area contributed by atoms with Gasteiger partial charge in [-0.1, -0.05) is 58.4 Å². The number of amides is 1. The normalized spacial score (nSPS) is 10.9. The van der Waals surface area contributed by atoms with Crippen LogP contribution in [0.5, 0.6) is 5.75 Å². The number of nitrogens with one attached hydrogen (secondary N) is 1. The van der Waals surface area contributed by atoms with Crippen LogP contribution in [-0.4, -0.2) is 28.0 Å². The Morgan fingerprint density at radius 1 is 0.925 bits per heavy atom. The zero-order valence-corrected chi connectivity index (χ0v) is 22.2. The van der Waals surface area contributed by atoms with Crippen LogP contribution in [-0.2, 0) is 0 Å². The zero-order chi connectivity index (χ0) is 28.1. The SMILES string of the molecule is O=C(Oc1cccc(C=NNC(=O)c2cc(-c3ccc(Br)cc3)nc3ccccc23)c1)c1ccc([N+](=O)[O-])cc1. The highest BCUT2D eigenvalue weighted by atomic mass is 79.9. The standard InChI is InChI=1S/C30H19BrN4O5/c31-22-12-8-20(9-13-22)28-17-26(25-6-1-2-7-27(25)33-28)29(36)34-32-18-19-4-3-5-24(16-19)40-30(37)21-10-14-23(15-11-21)35(38)39/h1-18H,(H,34,36). The number of nitro groups is 1. The van der Waals surface area contributed by atoms with Crippen LogP contribution in [0.25, 0.3) is 22.2 Å². The van der Waals surface area contributed by atoms with E-state index in [1.54, 1.807) is 30.3 Å². The highest BCUT2D eigenvalue weighted by molar-refractivity contribution is 9.10. The largest absolute Gasteiger partial charge is 0.423 e. The van der Waals surface area contributed by atoms with Crippen molar-refractivity contribution in [3.8, 4) is 17.0 Å². The third-order valence-electron chi connectivity index (χ3n) is 5.86. The number of ether oxygens (including phenoxy) is 1. The van der Waals surface area contributed by atoms with Crippen molar-refractivity contribution in [1.82, 2.24) is 10.4 Å². The minimum absolute atomic E-state index is 0.124. The topological polar surface area (TPSA) is 124 Å². The van der Waals surface area contributed by atoms with Crippen molar-refractivity contribution in [2.75, 3.05) is 0 Å². The van der Waals surface area contributed by atoms with E-state index >= 15 is 0 Å². The number of hydrogen-bond donors (Lipinski definition) is 1. The lowest BCUT2D eigenvalue weighted by molar-refractivity contribution is -0.384. The summed E-state index contributed by atoms with van der Waals surface area (Å²) in [7, 11) is 0. The Morgan fingerprint density at radius 2 is 1.68 bits per heavy atom. The van der Waals surface area contributed by atoms with Gasteiger partial charge >= 0.3 is 5.97 Å². The van der Waals surface area contributed by atoms with Gasteiger partial charge in [-0.15, -0.1) is 0 Å². The third-order valence-corrected chi connectivity index (χ3v) is 6.39. The number of nitro benzene ring substituents is 1. The summed E-state index contributed by atoms with van der Waals surface area (Å²) in [5, 5.41) is 15.6. The molecule has 0 aliphatic carbocycles. The van der Waals surface area contributed by atoms with Crippen molar-refractivity contribution in [2.24, 2.45) is 5.10 Å². The molecule has 0 radical (unpaired) electrons. The Balaban J connectivity index is 1.31. The second-order valence-electron chi connectivity index (χ2n) is 8.54. The summed E-state index contributed by atoms with van der Waals surface area (Å²) < 4.78 is 6.32. The number of carbonyl (C=O) groups excluding carboxylic acids is 2. The number of carbonyl (C=O) groups is 2. The smallest absolute Gasteiger partial charge is 0.343 e. The van der Waals surface area contributed by atoms with Crippen molar-refractivity contribution in [3.63, 3.8) is 0 Å². The van der Waals surface area contributed by atoms with E-state index in [2.05, 4.69) is 26.5 Å². The van der Waals surface area contributed by atoms with Crippen LogP contribution in [0.3, 0.4) is 0 Å². The van der Waals surface area contributed by atoms with Gasteiger partial charge in [-0.2, -0.15) is 5.10 Å². The zero-order valence-electron chi connectivity index (χ0n) is 20.7. The van der Waals surface area contributed by atoms with Crippen LogP contribution in [0, 0.1) is 10.1 Å². The Bertz CT molecular complexity index is 1770. The number of nitrogens with zero attached hydrogens (tertiary/aromatic N) is 3. The van der Waals surface area contributed by atoms with Gasteiger partial charge in [0.15, 0.2) is 0 Å². The molecule has 0 unspecified atom stereocenters. The molecule has 0 saturated carbocycles. The van der Waals surface area contributed by atoms with E-state index in [9.17, 15) is 19.7 Å². The van der Waals surface area contributed by atoms with Gasteiger partial charge in [0.25, 0.3) is 11.6 Å². The number of para-hydroxylation sites is 1. The summed E-state index contributed by atoms with van der Waals surface area (Å²) in [6, 6.07) is 28.4. The van der Waals surface area contributed by atoms with Crippen LogP contribution in [0.1, 0.15) is 26.3 Å². The highest BCUT2D eigenvalue weighted by Crippen LogP contribution is 2.26. The summed E-state index contributed by atoms with van der Waals surface area (Å²) in [6.45, 7) is 0. The predicted molar refractivity (Wildman–Crippen MR) is 154 cm³/mol. The molecule has 0 bridgehead atoms. The number of halogens is 1. The Morgan fingerprint density at radius 3 is 2.42 bits per heavy atom. The first-order chi connectivity index (χ1) is 19.4. The molecule has 4 aromatic carbocycles. The first-order valence-electron chi connectivity index (χ1n) is 11.9. The molecular weight excluding hydrogens is 576 g/mol. The lowest BCUT2D eigenvalue weighted by atomic mass is 10.0. The maximum atomic E-state index is 13.2. The molecule has 1 heterocycles. The number of pyridine rings is 1. The predicted octanol–water partition coefficient (Wildman–Crippen LogP) is 6.56. The van der Waals surface area contributed by atoms with E-state index < -0.39 is 16.8 Å². The number of esters is 1. The summed E-state index contributed by atoms with van der Waals surface area (Å²) in [4.78, 5) is 40.6. The summed E-state index contributed by atoms with van der Waals surface area (Å²) in [5.74, 6) is -0.824. The molecule has 1 aromatic heterocycles. The lowest BCUT2D eigenvalue weighted by Gasteiger charge is -2.09. The second-order valence-corrected chi connectivity index (χ2v) is 9.46. The minimum atomic E-state index is -0.663. The van der Waals surface area contributed by atoms with Gasteiger partial charge in [-0.25, -0.2) is 15.2 Å². The van der Waals surface area contributed by atoms with E-state index in [1.165, 1.54) is 30.5 Å². The van der Waals surface area contributed by atoms with Crippen LogP contribution < -0.4 is 10.2 Å². The van der Waals surface area contributed by atoms with Gasteiger partial charge in [0.2, 0.25) is 0 Å². The van der Waals surface area contributed by atoms with Crippen LogP contribution in [0.15, 0.2) is 113 Å². The fourth-order valence-corrected chi connectivity index (χ4v) is 4.17. The molecule has 1 amide bonds. The van der Waals surface area contributed by atoms with E-state index in [-0.39, 0.29) is 17.0 Å². The molecule has 0 spiro atoms. The molecule has 9 nitrogen and oxygen atoms in total. The molecule has 0 saturated heterocycles. The lowest BCUT2D eigenvalue weighted by Crippen LogP contribution is -2.18. The third kappa shape index (κ3) is 6.08. The number of rotatable bonds is 7. The minimum Gasteiger partial charge on any atom is -0.423 e. The molecule has 0 aliphatic rings. The summed E-state index contributed by atoms with van der Waals surface area (Å²) in [5.41, 5.74) is 5.81. The van der Waals surface area contributed by atoms with E-state index in [0.717, 1.165) is 10.0 Å². The van der Waals surface area contributed by atoms with E-state index in [0.29, 0.717) is 27.7 Å². The number of hydrazone groups is 1. The number of hydrogen-bond acceptors (Lipinski definition) is 7. The number of benzene rings is 4. The summed E-state index contributed by atoms with van der Waals surface area (Å²) >= 11 is 3.43. The van der Waals surface area contributed by atoms with Crippen LogP contribution in [0.4, 0.5) is 5.69 Å². The Kier molecular flexibility index (Phi) is 7.70. The number of fused-ring (bicyclic) bond motifs is 1. The molecule has 5 aromatic rings. The van der Waals surface area contributed by atoms with Crippen LogP contribution >= 0.6 is 15.9 Å². The van der Waals surface area contributed by atoms with Gasteiger partial charge in [0, 0.05) is 27.6 Å².